The fourth-order valence-corrected chi connectivity index (χ4v) is 1.96. The quantitative estimate of drug-likeness (QED) is 0.450. The Kier molecular flexibility index (Phi) is 2.25. The number of aromatic amines is 4. The molecule has 8 nitrogen and oxygen atoms in total. The van der Waals surface area contributed by atoms with E-state index in [9.17, 15) is 0 Å². The first-order chi connectivity index (χ1) is 9.90. The van der Waals surface area contributed by atoms with Crippen LogP contribution >= 0.6 is 0 Å². The van der Waals surface area contributed by atoms with Crippen LogP contribution in [0.5, 0.6) is 0 Å². The Morgan fingerprint density at radius 2 is 1.10 bits per heavy atom. The lowest BCUT2D eigenvalue weighted by Crippen LogP contribution is -1.84. The van der Waals surface area contributed by atoms with Crippen LogP contribution in [0.4, 0.5) is 0 Å². The van der Waals surface area contributed by atoms with Gasteiger partial charge in [-0.1, -0.05) is 0 Å². The van der Waals surface area contributed by atoms with E-state index in [4.69, 9.17) is 0 Å². The highest BCUT2D eigenvalue weighted by molar-refractivity contribution is 5.60. The van der Waals surface area contributed by atoms with Crippen LogP contribution < -0.4 is 0 Å². The third-order valence-corrected chi connectivity index (χ3v) is 2.95. The molecule has 4 aromatic rings. The predicted octanol–water partition coefficient (Wildman–Crippen LogP) is 1.58. The number of hydrogen-bond donors (Lipinski definition) is 4. The molecule has 8 heteroatoms. The van der Waals surface area contributed by atoms with Gasteiger partial charge in [-0.25, -0.2) is 19.9 Å². The average Bonchev–Trinajstić information content (AvgIpc) is 3.22. The molecule has 0 aliphatic carbocycles. The molecule has 0 atom stereocenters. The van der Waals surface area contributed by atoms with Gasteiger partial charge in [-0.15, -0.1) is 0 Å². The van der Waals surface area contributed by atoms with E-state index in [2.05, 4.69) is 39.9 Å². The third-order valence-electron chi connectivity index (χ3n) is 2.95. The summed E-state index contributed by atoms with van der Waals surface area (Å²) in [5, 5.41) is 0. The number of rotatable bonds is 3. The second kappa shape index (κ2) is 4.19. The predicted molar refractivity (Wildman–Crippen MR) is 71.3 cm³/mol. The lowest BCUT2D eigenvalue weighted by atomic mass is 10.4. The summed E-state index contributed by atoms with van der Waals surface area (Å²) in [5.41, 5.74) is 3.47. The molecule has 4 aromatic heterocycles. The van der Waals surface area contributed by atoms with E-state index in [0.717, 1.165) is 22.8 Å². The lowest BCUT2D eigenvalue weighted by molar-refractivity contribution is 1.19. The first kappa shape index (κ1) is 10.7. The Morgan fingerprint density at radius 1 is 0.600 bits per heavy atom. The largest absolute Gasteiger partial charge is 0.343 e. The van der Waals surface area contributed by atoms with E-state index >= 15 is 0 Å². The summed E-state index contributed by atoms with van der Waals surface area (Å²) >= 11 is 0. The molecule has 0 unspecified atom stereocenters. The number of imidazole rings is 4. The van der Waals surface area contributed by atoms with E-state index in [0.29, 0.717) is 11.6 Å². The highest BCUT2D eigenvalue weighted by Gasteiger charge is 2.10. The standard InChI is InChI=1S/C12H10N8/c1-7(17-5-13-1)9-3-15-11(19-9)12-16-4-10(20-12)8-2-14-6-18-8/h1-6H,(H,13,17)(H,14,18)(H,15,19)(H,16,20). The smallest absolute Gasteiger partial charge is 0.174 e. The Hall–Kier alpha value is -3.16. The van der Waals surface area contributed by atoms with E-state index in [1.165, 1.54) is 0 Å². The molecule has 4 rings (SSSR count). The minimum atomic E-state index is 0.667. The summed E-state index contributed by atoms with van der Waals surface area (Å²) in [4.78, 5) is 29.0. The van der Waals surface area contributed by atoms with Gasteiger partial charge in [0.2, 0.25) is 0 Å². The molecule has 0 saturated carbocycles. The molecule has 20 heavy (non-hydrogen) atoms. The Morgan fingerprint density at radius 3 is 1.50 bits per heavy atom. The summed E-state index contributed by atoms with van der Waals surface area (Å²) in [7, 11) is 0. The van der Waals surface area contributed by atoms with Gasteiger partial charge < -0.3 is 19.9 Å². The van der Waals surface area contributed by atoms with Crippen molar-refractivity contribution in [2.24, 2.45) is 0 Å². The SMILES string of the molecule is c1ncc(-c2cnc(-c3ncc(-c4cnc[nH]4)[nH]3)[nH]2)[nH]1. The second-order valence-corrected chi connectivity index (χ2v) is 4.22. The molecule has 0 bridgehead atoms. The molecule has 0 aromatic carbocycles. The monoisotopic (exact) mass is 266 g/mol. The summed E-state index contributed by atoms with van der Waals surface area (Å²) in [6.45, 7) is 0. The summed E-state index contributed by atoms with van der Waals surface area (Å²) < 4.78 is 0. The Labute approximate surface area is 112 Å². The summed E-state index contributed by atoms with van der Waals surface area (Å²) in [6, 6.07) is 0. The molecule has 4 heterocycles. The number of nitrogens with zero attached hydrogens (tertiary/aromatic N) is 4. The molecule has 0 aliphatic heterocycles. The van der Waals surface area contributed by atoms with Gasteiger partial charge in [0.15, 0.2) is 11.6 Å². The molecule has 4 N–H and O–H groups in total. The summed E-state index contributed by atoms with van der Waals surface area (Å²) in [5.74, 6) is 1.33. The van der Waals surface area contributed by atoms with E-state index < -0.39 is 0 Å². The number of aromatic nitrogens is 8. The second-order valence-electron chi connectivity index (χ2n) is 4.22. The van der Waals surface area contributed by atoms with Crippen LogP contribution in [0.25, 0.3) is 34.4 Å². The van der Waals surface area contributed by atoms with E-state index in [1.54, 1.807) is 37.4 Å². The number of nitrogens with one attached hydrogen (secondary N) is 4. The molecule has 0 spiro atoms. The fraction of sp³-hybridized carbons (Fsp3) is 0. The highest BCUT2D eigenvalue weighted by atomic mass is 15.0. The van der Waals surface area contributed by atoms with Crippen molar-refractivity contribution in [1.29, 1.82) is 0 Å². The van der Waals surface area contributed by atoms with Crippen LogP contribution in [-0.2, 0) is 0 Å². The van der Waals surface area contributed by atoms with Crippen molar-refractivity contribution in [3.8, 4) is 34.4 Å². The molecular formula is C12H10N8. The molecule has 0 radical (unpaired) electrons. The molecule has 0 fully saturated rings. The minimum absolute atomic E-state index is 0.667. The first-order valence-electron chi connectivity index (χ1n) is 5.98. The van der Waals surface area contributed by atoms with E-state index in [-0.39, 0.29) is 0 Å². The zero-order valence-corrected chi connectivity index (χ0v) is 10.3. The van der Waals surface area contributed by atoms with Crippen LogP contribution in [0.1, 0.15) is 0 Å². The van der Waals surface area contributed by atoms with Gasteiger partial charge in [0.25, 0.3) is 0 Å². The lowest BCUT2D eigenvalue weighted by Gasteiger charge is -1.92. The minimum Gasteiger partial charge on any atom is -0.343 e. The Balaban J connectivity index is 1.68. The first-order valence-corrected chi connectivity index (χ1v) is 5.98. The van der Waals surface area contributed by atoms with E-state index in [1.807, 2.05) is 0 Å². The molecule has 0 saturated heterocycles. The maximum absolute atomic E-state index is 4.31. The van der Waals surface area contributed by atoms with Crippen molar-refractivity contribution >= 4 is 0 Å². The van der Waals surface area contributed by atoms with Gasteiger partial charge in [-0.2, -0.15) is 0 Å². The topological polar surface area (TPSA) is 115 Å². The van der Waals surface area contributed by atoms with Gasteiger partial charge in [-0.05, 0) is 0 Å². The van der Waals surface area contributed by atoms with Crippen LogP contribution in [0.3, 0.4) is 0 Å². The number of hydrogen-bond acceptors (Lipinski definition) is 4. The van der Waals surface area contributed by atoms with Crippen molar-refractivity contribution in [2.45, 2.75) is 0 Å². The maximum atomic E-state index is 4.31. The normalized spacial score (nSPS) is 11.0. The van der Waals surface area contributed by atoms with Gasteiger partial charge in [0.05, 0.1) is 60.2 Å². The van der Waals surface area contributed by atoms with Gasteiger partial charge in [-0.3, -0.25) is 0 Å². The van der Waals surface area contributed by atoms with Crippen molar-refractivity contribution in [3.63, 3.8) is 0 Å². The van der Waals surface area contributed by atoms with Crippen molar-refractivity contribution in [1.82, 2.24) is 39.9 Å². The number of H-pyrrole nitrogens is 4. The fourth-order valence-electron chi connectivity index (χ4n) is 1.96. The van der Waals surface area contributed by atoms with Crippen LogP contribution in [0.2, 0.25) is 0 Å². The molecular weight excluding hydrogens is 256 g/mol. The zero-order valence-electron chi connectivity index (χ0n) is 10.3. The Bertz CT molecular complexity index is 735. The molecule has 0 amide bonds. The third kappa shape index (κ3) is 1.70. The van der Waals surface area contributed by atoms with Gasteiger partial charge in [0, 0.05) is 0 Å². The van der Waals surface area contributed by atoms with Crippen LogP contribution in [0, 0.1) is 0 Å². The zero-order chi connectivity index (χ0) is 13.4. The van der Waals surface area contributed by atoms with Crippen molar-refractivity contribution in [3.05, 3.63) is 37.4 Å². The van der Waals surface area contributed by atoms with Crippen LogP contribution in [-0.4, -0.2) is 39.9 Å². The van der Waals surface area contributed by atoms with Gasteiger partial charge in [0.1, 0.15) is 0 Å². The maximum Gasteiger partial charge on any atom is 0.174 e. The summed E-state index contributed by atoms with van der Waals surface area (Å²) in [6.07, 6.45) is 10.2. The molecule has 98 valence electrons. The van der Waals surface area contributed by atoms with Gasteiger partial charge >= 0.3 is 0 Å². The van der Waals surface area contributed by atoms with Crippen LogP contribution in [0.15, 0.2) is 37.4 Å². The molecule has 0 aliphatic rings. The average molecular weight is 266 g/mol. The van der Waals surface area contributed by atoms with Crippen molar-refractivity contribution < 1.29 is 0 Å². The van der Waals surface area contributed by atoms with Crippen molar-refractivity contribution in [2.75, 3.05) is 0 Å². The highest BCUT2D eigenvalue weighted by Crippen LogP contribution is 2.20.